The van der Waals surface area contributed by atoms with Crippen molar-refractivity contribution in [1.29, 1.82) is 0 Å². The van der Waals surface area contributed by atoms with Crippen molar-refractivity contribution in [3.05, 3.63) is 84.5 Å². The normalized spacial score (nSPS) is 11.6. The van der Waals surface area contributed by atoms with E-state index in [1.165, 1.54) is 0 Å². The highest BCUT2D eigenvalue weighted by Gasteiger charge is 2.33. The zero-order valence-electron chi connectivity index (χ0n) is 18.4. The van der Waals surface area contributed by atoms with Gasteiger partial charge in [0.15, 0.2) is 11.5 Å². The van der Waals surface area contributed by atoms with Gasteiger partial charge in [0.05, 0.1) is 26.4 Å². The lowest BCUT2D eigenvalue weighted by Gasteiger charge is -2.15. The van der Waals surface area contributed by atoms with Gasteiger partial charge in [0.1, 0.15) is 0 Å². The van der Waals surface area contributed by atoms with E-state index >= 15 is 0 Å². The van der Waals surface area contributed by atoms with E-state index in [0.29, 0.717) is 15.2 Å². The van der Waals surface area contributed by atoms with Crippen molar-refractivity contribution < 1.29 is 27.6 Å². The lowest BCUT2D eigenvalue weighted by molar-refractivity contribution is -0.385. The summed E-state index contributed by atoms with van der Waals surface area (Å²) in [5.41, 5.74) is 1.74. The number of alkyl halides is 3. The Balaban J connectivity index is 2.01. The number of nitrogens with zero attached hydrogens (tertiary/aromatic N) is 2. The molecule has 0 aliphatic rings. The highest BCUT2D eigenvalue weighted by atomic mass is 127. The third-order valence-corrected chi connectivity index (χ3v) is 5.76. The number of ether oxygens (including phenoxy) is 2. The van der Waals surface area contributed by atoms with Crippen LogP contribution in [0, 0.1) is 27.5 Å². The van der Waals surface area contributed by atoms with Crippen LogP contribution in [0.25, 0.3) is 0 Å². The Labute approximate surface area is 207 Å². The predicted molar refractivity (Wildman–Crippen MR) is 132 cm³/mol. The largest absolute Gasteiger partial charge is 0.490 e. The first kappa shape index (κ1) is 25.5. The molecule has 0 aromatic heterocycles. The minimum absolute atomic E-state index is 0.161. The second kappa shape index (κ2) is 10.4. The summed E-state index contributed by atoms with van der Waals surface area (Å²) in [4.78, 5) is 15.0. The number of nitro benzene ring substituents is 1. The summed E-state index contributed by atoms with van der Waals surface area (Å²) < 4.78 is 50.9. The summed E-state index contributed by atoms with van der Waals surface area (Å²) in [6.45, 7) is 6.01. The van der Waals surface area contributed by atoms with E-state index in [2.05, 4.69) is 4.99 Å². The summed E-state index contributed by atoms with van der Waals surface area (Å²) in [6, 6.07) is 11.3. The van der Waals surface area contributed by atoms with Gasteiger partial charge in [-0.3, -0.25) is 15.1 Å². The molecule has 3 rings (SSSR count). The summed E-state index contributed by atoms with van der Waals surface area (Å²) in [5.74, 6) is 0.119. The van der Waals surface area contributed by atoms with Gasteiger partial charge in [-0.25, -0.2) is 0 Å². The molecule has 0 aliphatic heterocycles. The zero-order valence-corrected chi connectivity index (χ0v) is 20.6. The number of hydrogen-bond acceptors (Lipinski definition) is 5. The second-order valence-electron chi connectivity index (χ2n) is 7.28. The third kappa shape index (κ3) is 5.85. The third-order valence-electron chi connectivity index (χ3n) is 4.96. The van der Waals surface area contributed by atoms with Crippen LogP contribution in [0.15, 0.2) is 53.5 Å². The Morgan fingerprint density at radius 2 is 1.85 bits per heavy atom. The standard InChI is InChI=1S/C24H20F3IN2O4/c1-4-33-22-11-16(13-29-19-7-5-6-14(2)15(19)3)10-18(28)23(22)34-21-9-8-17(24(25,26)27)12-20(21)30(31)32/h5-13H,4H2,1-3H3. The van der Waals surface area contributed by atoms with E-state index in [0.717, 1.165) is 28.9 Å². The highest BCUT2D eigenvalue weighted by Crippen LogP contribution is 2.42. The van der Waals surface area contributed by atoms with Gasteiger partial charge in [0.2, 0.25) is 5.75 Å². The molecule has 0 atom stereocenters. The van der Waals surface area contributed by atoms with Crippen molar-refractivity contribution in [2.75, 3.05) is 6.61 Å². The Morgan fingerprint density at radius 3 is 2.50 bits per heavy atom. The second-order valence-corrected chi connectivity index (χ2v) is 8.44. The van der Waals surface area contributed by atoms with Crippen molar-refractivity contribution >= 4 is 40.2 Å². The smallest absolute Gasteiger partial charge is 0.416 e. The van der Waals surface area contributed by atoms with Crippen molar-refractivity contribution in [1.82, 2.24) is 0 Å². The van der Waals surface area contributed by atoms with E-state index in [4.69, 9.17) is 9.47 Å². The van der Waals surface area contributed by atoms with E-state index in [9.17, 15) is 23.3 Å². The molecule has 3 aromatic rings. The van der Waals surface area contributed by atoms with Crippen LogP contribution in [0.1, 0.15) is 29.2 Å². The van der Waals surface area contributed by atoms with Gasteiger partial charge < -0.3 is 9.47 Å². The van der Waals surface area contributed by atoms with E-state index in [1.807, 2.05) is 54.6 Å². The number of hydrogen-bond donors (Lipinski definition) is 0. The molecule has 0 fully saturated rings. The molecular weight excluding hydrogens is 564 g/mol. The van der Waals surface area contributed by atoms with Gasteiger partial charge in [0, 0.05) is 12.3 Å². The molecule has 34 heavy (non-hydrogen) atoms. The quantitative estimate of drug-likeness (QED) is 0.123. The topological polar surface area (TPSA) is 74.0 Å². The number of benzene rings is 3. The van der Waals surface area contributed by atoms with Crippen LogP contribution in [0.4, 0.5) is 24.5 Å². The molecule has 0 aliphatic carbocycles. The number of rotatable bonds is 7. The van der Waals surface area contributed by atoms with Crippen LogP contribution >= 0.6 is 22.6 Å². The van der Waals surface area contributed by atoms with Crippen LogP contribution in [0.3, 0.4) is 0 Å². The summed E-state index contributed by atoms with van der Waals surface area (Å²) in [6.07, 6.45) is -3.05. The number of nitro groups is 1. The van der Waals surface area contributed by atoms with Crippen molar-refractivity contribution in [2.45, 2.75) is 26.9 Å². The van der Waals surface area contributed by atoms with Crippen LogP contribution < -0.4 is 9.47 Å². The van der Waals surface area contributed by atoms with E-state index in [1.54, 1.807) is 25.3 Å². The average Bonchev–Trinajstić information content (AvgIpc) is 2.76. The van der Waals surface area contributed by atoms with E-state index in [-0.39, 0.29) is 23.9 Å². The molecule has 10 heteroatoms. The average molecular weight is 584 g/mol. The maximum absolute atomic E-state index is 13.0. The molecule has 0 saturated heterocycles. The SMILES string of the molecule is CCOc1cc(C=Nc2cccc(C)c2C)cc(I)c1Oc1ccc(C(F)(F)F)cc1[N+](=O)[O-]. The summed E-state index contributed by atoms with van der Waals surface area (Å²) in [7, 11) is 0. The molecular formula is C24H20F3IN2O4. The minimum Gasteiger partial charge on any atom is -0.490 e. The fourth-order valence-electron chi connectivity index (χ4n) is 3.08. The maximum Gasteiger partial charge on any atom is 0.416 e. The van der Waals surface area contributed by atoms with Crippen molar-refractivity contribution in [3.8, 4) is 17.2 Å². The molecule has 3 aromatic carbocycles. The number of aryl methyl sites for hydroxylation is 1. The first-order valence-corrected chi connectivity index (χ1v) is 11.2. The lowest BCUT2D eigenvalue weighted by Crippen LogP contribution is -2.06. The zero-order chi connectivity index (χ0) is 25.0. The van der Waals surface area contributed by atoms with Gasteiger partial charge in [-0.15, -0.1) is 0 Å². The van der Waals surface area contributed by atoms with Gasteiger partial charge in [-0.05, 0) is 90.4 Å². The molecule has 178 valence electrons. The lowest BCUT2D eigenvalue weighted by atomic mass is 10.1. The molecule has 0 heterocycles. The first-order valence-electron chi connectivity index (χ1n) is 10.1. The van der Waals surface area contributed by atoms with Gasteiger partial charge in [-0.1, -0.05) is 12.1 Å². The Bertz CT molecular complexity index is 1260. The fraction of sp³-hybridized carbons (Fsp3) is 0.208. The Morgan fingerprint density at radius 1 is 1.12 bits per heavy atom. The van der Waals surface area contributed by atoms with Crippen LogP contribution in [-0.2, 0) is 6.18 Å². The van der Waals surface area contributed by atoms with Crippen molar-refractivity contribution in [3.63, 3.8) is 0 Å². The Hall–Kier alpha value is -3.15. The Kier molecular flexibility index (Phi) is 7.80. The minimum atomic E-state index is -4.72. The molecule has 0 saturated carbocycles. The van der Waals surface area contributed by atoms with Crippen LogP contribution in [0.5, 0.6) is 17.2 Å². The number of halogens is 4. The maximum atomic E-state index is 13.0. The molecule has 0 bridgehead atoms. The van der Waals surface area contributed by atoms with Crippen LogP contribution in [-0.4, -0.2) is 17.7 Å². The molecule has 0 unspecified atom stereocenters. The molecule has 0 amide bonds. The predicted octanol–water partition coefficient (Wildman–Crippen LogP) is 7.78. The highest BCUT2D eigenvalue weighted by molar-refractivity contribution is 14.1. The van der Waals surface area contributed by atoms with Crippen molar-refractivity contribution in [2.24, 2.45) is 4.99 Å². The van der Waals surface area contributed by atoms with E-state index < -0.39 is 22.4 Å². The molecule has 0 radical (unpaired) electrons. The first-order chi connectivity index (χ1) is 16.0. The number of aliphatic imine (C=N–C) groups is 1. The molecule has 0 N–H and O–H groups in total. The molecule has 0 spiro atoms. The molecule has 6 nitrogen and oxygen atoms in total. The van der Waals surface area contributed by atoms with Crippen LogP contribution in [0.2, 0.25) is 0 Å². The monoisotopic (exact) mass is 584 g/mol. The van der Waals surface area contributed by atoms with Gasteiger partial charge in [-0.2, -0.15) is 13.2 Å². The summed E-state index contributed by atoms with van der Waals surface area (Å²) >= 11 is 1.98. The van der Waals surface area contributed by atoms with Gasteiger partial charge in [0.25, 0.3) is 0 Å². The summed E-state index contributed by atoms with van der Waals surface area (Å²) in [5, 5.41) is 11.4. The van der Waals surface area contributed by atoms with Gasteiger partial charge >= 0.3 is 11.9 Å². The fourth-order valence-corrected chi connectivity index (χ4v) is 3.81.